The number of nitrogens with zero attached hydrogens (tertiary/aromatic N) is 3. The standard InChI is InChI=1S/C20H27N3O2/c1-11-14-8-7-13-16(20(14,5)9-12(10-21)15(11)24)22-18(19(2,3)4)23-17(13)25-6/h11-12,14H,7-9H2,1-6H3/t11-,12?,14-,20-/m0/s1. The van der Waals surface area contributed by atoms with E-state index in [1.165, 1.54) is 0 Å². The van der Waals surface area contributed by atoms with Crippen molar-refractivity contribution in [3.63, 3.8) is 0 Å². The summed E-state index contributed by atoms with van der Waals surface area (Å²) in [6.07, 6.45) is 2.26. The minimum atomic E-state index is -0.554. The van der Waals surface area contributed by atoms with Gasteiger partial charge in [0.05, 0.1) is 18.9 Å². The molecule has 1 aromatic rings. The van der Waals surface area contributed by atoms with Gasteiger partial charge in [0.15, 0.2) is 5.78 Å². The van der Waals surface area contributed by atoms with Crippen LogP contribution in [0.15, 0.2) is 0 Å². The van der Waals surface area contributed by atoms with Crippen LogP contribution in [0.5, 0.6) is 5.88 Å². The number of Topliss-reactive ketones (excluding diaryl/α,β-unsaturated/α-hetero) is 1. The number of rotatable bonds is 1. The van der Waals surface area contributed by atoms with Crippen LogP contribution in [0.25, 0.3) is 0 Å². The molecule has 1 fully saturated rings. The Kier molecular flexibility index (Phi) is 4.14. The third kappa shape index (κ3) is 2.63. The predicted octanol–water partition coefficient (Wildman–Crippen LogP) is 3.35. The van der Waals surface area contributed by atoms with Gasteiger partial charge in [-0.3, -0.25) is 4.79 Å². The van der Waals surface area contributed by atoms with E-state index in [4.69, 9.17) is 9.72 Å². The first-order valence-corrected chi connectivity index (χ1v) is 9.02. The van der Waals surface area contributed by atoms with Gasteiger partial charge < -0.3 is 4.74 Å². The van der Waals surface area contributed by atoms with Gasteiger partial charge in [-0.1, -0.05) is 34.6 Å². The van der Waals surface area contributed by atoms with Gasteiger partial charge in [-0.05, 0) is 25.2 Å². The zero-order chi connectivity index (χ0) is 18.6. The molecule has 3 rings (SSSR count). The molecule has 2 aliphatic rings. The average Bonchev–Trinajstić information content (AvgIpc) is 2.56. The van der Waals surface area contributed by atoms with E-state index in [-0.39, 0.29) is 28.4 Å². The molecular weight excluding hydrogens is 314 g/mol. The molecule has 1 aromatic heterocycles. The van der Waals surface area contributed by atoms with E-state index in [1.54, 1.807) is 7.11 Å². The molecule has 0 aliphatic heterocycles. The molecular formula is C20H27N3O2. The molecule has 0 spiro atoms. The minimum absolute atomic E-state index is 0.0884. The van der Waals surface area contributed by atoms with Crippen molar-refractivity contribution in [3.8, 4) is 11.9 Å². The zero-order valence-corrected chi connectivity index (χ0v) is 16.0. The third-order valence-corrected chi connectivity index (χ3v) is 6.08. The Labute approximate surface area is 149 Å². The van der Waals surface area contributed by atoms with Gasteiger partial charge in [0.25, 0.3) is 0 Å². The van der Waals surface area contributed by atoms with Crippen molar-refractivity contribution in [2.45, 2.75) is 64.7 Å². The molecule has 0 saturated heterocycles. The Balaban J connectivity index is 2.22. The first-order valence-electron chi connectivity index (χ1n) is 9.02. The van der Waals surface area contributed by atoms with Gasteiger partial charge in [-0.15, -0.1) is 0 Å². The number of fused-ring (bicyclic) bond motifs is 3. The van der Waals surface area contributed by atoms with Crippen molar-refractivity contribution in [1.82, 2.24) is 9.97 Å². The van der Waals surface area contributed by atoms with Crippen LogP contribution >= 0.6 is 0 Å². The second kappa shape index (κ2) is 5.79. The summed E-state index contributed by atoms with van der Waals surface area (Å²) in [4.78, 5) is 22.2. The molecule has 0 aromatic carbocycles. The Morgan fingerprint density at radius 3 is 2.56 bits per heavy atom. The number of aromatic nitrogens is 2. The number of nitriles is 1. The number of hydrogen-bond acceptors (Lipinski definition) is 5. The lowest BCUT2D eigenvalue weighted by atomic mass is 9.54. The first-order chi connectivity index (χ1) is 11.6. The van der Waals surface area contributed by atoms with Gasteiger partial charge >= 0.3 is 0 Å². The van der Waals surface area contributed by atoms with Crippen LogP contribution in [0.4, 0.5) is 0 Å². The highest BCUT2D eigenvalue weighted by molar-refractivity contribution is 5.87. The van der Waals surface area contributed by atoms with Crippen molar-refractivity contribution in [2.75, 3.05) is 7.11 Å². The van der Waals surface area contributed by atoms with Crippen molar-refractivity contribution in [2.24, 2.45) is 17.8 Å². The number of methoxy groups -OCH3 is 1. The first kappa shape index (κ1) is 17.8. The van der Waals surface area contributed by atoms with Crippen LogP contribution in [0.1, 0.15) is 64.5 Å². The molecule has 0 amide bonds. The fraction of sp³-hybridized carbons (Fsp3) is 0.700. The molecule has 0 bridgehead atoms. The van der Waals surface area contributed by atoms with E-state index >= 15 is 0 Å². The van der Waals surface area contributed by atoms with Crippen LogP contribution in [0, 0.1) is 29.1 Å². The molecule has 5 nitrogen and oxygen atoms in total. The minimum Gasteiger partial charge on any atom is -0.481 e. The Morgan fingerprint density at radius 1 is 1.32 bits per heavy atom. The molecule has 0 radical (unpaired) electrons. The number of ether oxygens (including phenoxy) is 1. The largest absolute Gasteiger partial charge is 0.481 e. The monoisotopic (exact) mass is 341 g/mol. The molecule has 1 heterocycles. The summed E-state index contributed by atoms with van der Waals surface area (Å²) in [7, 11) is 1.65. The van der Waals surface area contributed by atoms with Crippen LogP contribution in [-0.4, -0.2) is 22.9 Å². The topological polar surface area (TPSA) is 75.9 Å². The molecule has 5 heteroatoms. The molecule has 25 heavy (non-hydrogen) atoms. The van der Waals surface area contributed by atoms with Crippen molar-refractivity contribution in [1.29, 1.82) is 5.26 Å². The molecule has 4 atom stereocenters. The van der Waals surface area contributed by atoms with Crippen molar-refractivity contribution in [3.05, 3.63) is 17.1 Å². The Morgan fingerprint density at radius 2 is 2.00 bits per heavy atom. The van der Waals surface area contributed by atoms with Gasteiger partial charge in [-0.2, -0.15) is 10.2 Å². The fourth-order valence-electron chi connectivity index (χ4n) is 4.66. The number of hydrogen-bond donors (Lipinski definition) is 0. The quantitative estimate of drug-likeness (QED) is 0.783. The SMILES string of the molecule is COc1nc(C(C)(C)C)nc2c1CC[C@H]1[C@H](C)C(=O)C(C#N)C[C@]21C. The lowest BCUT2D eigenvalue weighted by molar-refractivity contribution is -0.132. The summed E-state index contributed by atoms with van der Waals surface area (Å²) in [6, 6.07) is 2.22. The summed E-state index contributed by atoms with van der Waals surface area (Å²) in [5.74, 6) is 1.03. The second-order valence-corrected chi connectivity index (χ2v) is 8.77. The lowest BCUT2D eigenvalue weighted by Gasteiger charge is -2.49. The fourth-order valence-corrected chi connectivity index (χ4v) is 4.66. The molecule has 1 saturated carbocycles. The molecule has 2 aliphatic carbocycles. The lowest BCUT2D eigenvalue weighted by Crippen LogP contribution is -2.51. The number of carbonyl (C=O) groups is 1. The summed E-state index contributed by atoms with van der Waals surface area (Å²) in [5.41, 5.74) is 1.54. The second-order valence-electron chi connectivity index (χ2n) is 8.77. The smallest absolute Gasteiger partial charge is 0.219 e. The van der Waals surface area contributed by atoms with E-state index in [0.29, 0.717) is 12.3 Å². The predicted molar refractivity (Wildman–Crippen MR) is 94.3 cm³/mol. The van der Waals surface area contributed by atoms with Crippen molar-refractivity contribution >= 4 is 5.78 Å². The molecule has 134 valence electrons. The van der Waals surface area contributed by atoms with Crippen LogP contribution in [-0.2, 0) is 22.0 Å². The van der Waals surface area contributed by atoms with E-state index in [0.717, 1.165) is 29.9 Å². The Bertz CT molecular complexity index is 759. The van der Waals surface area contributed by atoms with Gasteiger partial charge in [0.1, 0.15) is 11.7 Å². The van der Waals surface area contributed by atoms with E-state index in [2.05, 4.69) is 38.7 Å². The van der Waals surface area contributed by atoms with E-state index < -0.39 is 5.92 Å². The maximum atomic E-state index is 12.5. The summed E-state index contributed by atoms with van der Waals surface area (Å²) < 4.78 is 5.59. The maximum Gasteiger partial charge on any atom is 0.219 e. The highest BCUT2D eigenvalue weighted by Gasteiger charge is 2.53. The normalized spacial score (nSPS) is 31.7. The van der Waals surface area contributed by atoms with Crippen molar-refractivity contribution < 1.29 is 9.53 Å². The molecule has 1 unspecified atom stereocenters. The highest BCUT2D eigenvalue weighted by atomic mass is 16.5. The van der Waals surface area contributed by atoms with Gasteiger partial charge in [0, 0.05) is 22.3 Å². The average molecular weight is 341 g/mol. The van der Waals surface area contributed by atoms with Gasteiger partial charge in [-0.25, -0.2) is 4.98 Å². The van der Waals surface area contributed by atoms with Crippen LogP contribution < -0.4 is 4.74 Å². The van der Waals surface area contributed by atoms with Crippen LogP contribution in [0.2, 0.25) is 0 Å². The van der Waals surface area contributed by atoms with E-state index in [9.17, 15) is 10.1 Å². The molecule has 0 N–H and O–H groups in total. The van der Waals surface area contributed by atoms with Crippen LogP contribution in [0.3, 0.4) is 0 Å². The van der Waals surface area contributed by atoms with Gasteiger partial charge in [0.2, 0.25) is 5.88 Å². The Hall–Kier alpha value is -1.96. The summed E-state index contributed by atoms with van der Waals surface area (Å²) in [5, 5.41) is 9.49. The highest BCUT2D eigenvalue weighted by Crippen LogP contribution is 2.53. The number of ketones is 1. The van der Waals surface area contributed by atoms with E-state index in [1.807, 2.05) is 6.92 Å². The number of carbonyl (C=O) groups excluding carboxylic acids is 1. The summed E-state index contributed by atoms with van der Waals surface area (Å²) in [6.45, 7) is 10.4. The summed E-state index contributed by atoms with van der Waals surface area (Å²) >= 11 is 0. The third-order valence-electron chi connectivity index (χ3n) is 6.08. The maximum absolute atomic E-state index is 12.5. The zero-order valence-electron chi connectivity index (χ0n) is 16.0.